The lowest BCUT2D eigenvalue weighted by molar-refractivity contribution is 0.459. The van der Waals surface area contributed by atoms with E-state index in [0.717, 1.165) is 11.3 Å². The third-order valence-electron chi connectivity index (χ3n) is 2.70. The monoisotopic (exact) mass is 263 g/mol. The van der Waals surface area contributed by atoms with E-state index in [9.17, 15) is 4.39 Å². The summed E-state index contributed by atoms with van der Waals surface area (Å²) >= 11 is 5.22. The summed E-state index contributed by atoms with van der Waals surface area (Å²) < 4.78 is 20.9. The van der Waals surface area contributed by atoms with E-state index in [1.54, 1.807) is 12.3 Å². The molecule has 6 heteroatoms. The van der Waals surface area contributed by atoms with Gasteiger partial charge in [-0.2, -0.15) is 0 Å². The molecule has 0 saturated carbocycles. The van der Waals surface area contributed by atoms with Crippen molar-refractivity contribution >= 4 is 23.3 Å². The minimum absolute atomic E-state index is 0.294. The van der Waals surface area contributed by atoms with E-state index in [0.29, 0.717) is 22.7 Å². The Balaban J connectivity index is 2.11. The summed E-state index contributed by atoms with van der Waals surface area (Å²) in [6.07, 6.45) is 1.66. The Bertz CT molecular complexity index is 771. The first-order valence-electron chi connectivity index (χ1n) is 5.43. The zero-order valence-corrected chi connectivity index (χ0v) is 10.4. The molecule has 92 valence electrons. The number of fused-ring (bicyclic) bond motifs is 1. The molecule has 0 aliphatic carbocycles. The van der Waals surface area contributed by atoms with Gasteiger partial charge in [-0.25, -0.2) is 9.37 Å². The molecule has 0 spiro atoms. The van der Waals surface area contributed by atoms with Crippen LogP contribution in [0.15, 0.2) is 28.8 Å². The summed E-state index contributed by atoms with van der Waals surface area (Å²) in [6, 6.07) is 4.51. The summed E-state index contributed by atoms with van der Waals surface area (Å²) in [6.45, 7) is 2.26. The van der Waals surface area contributed by atoms with Gasteiger partial charge in [0, 0.05) is 0 Å². The molecule has 0 radical (unpaired) electrons. The molecule has 0 bridgehead atoms. The van der Waals surface area contributed by atoms with Gasteiger partial charge in [0.05, 0.1) is 17.2 Å². The number of aryl methyl sites for hydroxylation is 1. The highest BCUT2D eigenvalue weighted by molar-refractivity contribution is 7.71. The fourth-order valence-corrected chi connectivity index (χ4v) is 2.18. The summed E-state index contributed by atoms with van der Waals surface area (Å²) in [4.78, 5) is 7.10. The smallest absolute Gasteiger partial charge is 0.214 e. The van der Waals surface area contributed by atoms with Gasteiger partial charge in [-0.1, -0.05) is 0 Å². The molecule has 1 N–H and O–H groups in total. The van der Waals surface area contributed by atoms with Crippen molar-refractivity contribution in [2.24, 2.45) is 0 Å². The van der Waals surface area contributed by atoms with Crippen molar-refractivity contribution in [3.63, 3.8) is 0 Å². The van der Waals surface area contributed by atoms with Crippen LogP contribution in [0, 0.1) is 17.5 Å². The number of nitrogens with zero attached hydrogens (tertiary/aromatic N) is 2. The van der Waals surface area contributed by atoms with Crippen LogP contribution >= 0.6 is 12.2 Å². The SMILES string of the molecule is Cc1cnc(Cn2c(=S)[nH]c3cc(F)ccc32)o1. The average Bonchev–Trinajstić information content (AvgIpc) is 2.84. The summed E-state index contributed by atoms with van der Waals surface area (Å²) in [7, 11) is 0. The third-order valence-corrected chi connectivity index (χ3v) is 3.02. The molecule has 1 aromatic carbocycles. The van der Waals surface area contributed by atoms with E-state index >= 15 is 0 Å². The zero-order chi connectivity index (χ0) is 12.7. The van der Waals surface area contributed by atoms with Crippen LogP contribution in [-0.2, 0) is 6.54 Å². The fourth-order valence-electron chi connectivity index (χ4n) is 1.90. The van der Waals surface area contributed by atoms with E-state index in [2.05, 4.69) is 9.97 Å². The van der Waals surface area contributed by atoms with Crippen molar-refractivity contribution in [2.45, 2.75) is 13.5 Å². The quantitative estimate of drug-likeness (QED) is 0.722. The standard InChI is InChI=1S/C12H10FN3OS/c1-7-5-14-11(17-7)6-16-10-3-2-8(13)4-9(10)15-12(16)18/h2-5H,6H2,1H3,(H,15,18). The van der Waals surface area contributed by atoms with Crippen LogP contribution in [0.3, 0.4) is 0 Å². The topological polar surface area (TPSA) is 46.8 Å². The Hall–Kier alpha value is -1.95. The number of imidazole rings is 1. The molecule has 0 fully saturated rings. The summed E-state index contributed by atoms with van der Waals surface area (Å²) in [5.74, 6) is 1.04. The van der Waals surface area contributed by atoms with Crippen molar-refractivity contribution in [1.29, 1.82) is 0 Å². The molecule has 0 unspecified atom stereocenters. The normalized spacial score (nSPS) is 11.2. The molecule has 0 saturated heterocycles. The van der Waals surface area contributed by atoms with E-state index in [4.69, 9.17) is 16.6 Å². The predicted molar refractivity (Wildman–Crippen MR) is 67.4 cm³/mol. The molecule has 0 aliphatic rings. The number of aromatic nitrogens is 3. The maximum Gasteiger partial charge on any atom is 0.214 e. The van der Waals surface area contributed by atoms with E-state index in [1.165, 1.54) is 12.1 Å². The Morgan fingerprint density at radius 2 is 2.33 bits per heavy atom. The molecule has 18 heavy (non-hydrogen) atoms. The third kappa shape index (κ3) is 1.84. The first-order chi connectivity index (χ1) is 8.63. The van der Waals surface area contributed by atoms with Gasteiger partial charge < -0.3 is 14.0 Å². The molecule has 2 aromatic heterocycles. The van der Waals surface area contributed by atoms with Crippen LogP contribution in [0.2, 0.25) is 0 Å². The van der Waals surface area contributed by atoms with Crippen LogP contribution in [0.25, 0.3) is 11.0 Å². The number of hydrogen-bond acceptors (Lipinski definition) is 3. The first kappa shape index (κ1) is 11.2. The second-order valence-corrected chi connectivity index (χ2v) is 4.43. The van der Waals surface area contributed by atoms with Crippen molar-refractivity contribution < 1.29 is 8.81 Å². The van der Waals surface area contributed by atoms with Crippen molar-refractivity contribution in [2.75, 3.05) is 0 Å². The number of rotatable bonds is 2. The van der Waals surface area contributed by atoms with Crippen molar-refractivity contribution in [1.82, 2.24) is 14.5 Å². The number of oxazole rings is 1. The summed E-state index contributed by atoms with van der Waals surface area (Å²) in [5, 5.41) is 0. The van der Waals surface area contributed by atoms with E-state index < -0.39 is 0 Å². The Morgan fingerprint density at radius 3 is 3.06 bits per heavy atom. The number of H-pyrrole nitrogens is 1. The fraction of sp³-hybridized carbons (Fsp3) is 0.167. The zero-order valence-electron chi connectivity index (χ0n) is 9.61. The Kier molecular flexibility index (Phi) is 2.52. The molecule has 0 amide bonds. The van der Waals surface area contributed by atoms with Gasteiger partial charge in [0.2, 0.25) is 5.89 Å². The minimum Gasteiger partial charge on any atom is -0.444 e. The van der Waals surface area contributed by atoms with Gasteiger partial charge in [-0.3, -0.25) is 0 Å². The lowest BCUT2D eigenvalue weighted by Gasteiger charge is -2.00. The largest absolute Gasteiger partial charge is 0.444 e. The van der Waals surface area contributed by atoms with Gasteiger partial charge in [0.25, 0.3) is 0 Å². The molecule has 0 atom stereocenters. The van der Waals surface area contributed by atoms with Crippen LogP contribution in [-0.4, -0.2) is 14.5 Å². The Morgan fingerprint density at radius 1 is 1.50 bits per heavy atom. The molecule has 4 nitrogen and oxygen atoms in total. The van der Waals surface area contributed by atoms with E-state index in [-0.39, 0.29) is 5.82 Å². The van der Waals surface area contributed by atoms with Gasteiger partial charge in [0.15, 0.2) is 4.77 Å². The number of aromatic amines is 1. The highest BCUT2D eigenvalue weighted by Gasteiger charge is 2.08. The molecular formula is C12H10FN3OS. The second kappa shape index (κ2) is 4.06. The van der Waals surface area contributed by atoms with Crippen LogP contribution < -0.4 is 0 Å². The van der Waals surface area contributed by atoms with E-state index in [1.807, 2.05) is 11.5 Å². The summed E-state index contributed by atoms with van der Waals surface area (Å²) in [5.41, 5.74) is 1.50. The maximum atomic E-state index is 13.1. The molecular weight excluding hydrogens is 253 g/mol. The molecule has 2 heterocycles. The highest BCUT2D eigenvalue weighted by Crippen LogP contribution is 2.17. The van der Waals surface area contributed by atoms with Gasteiger partial charge in [0.1, 0.15) is 18.1 Å². The van der Waals surface area contributed by atoms with Crippen LogP contribution in [0.5, 0.6) is 0 Å². The molecule has 3 aromatic rings. The van der Waals surface area contributed by atoms with Gasteiger partial charge in [-0.15, -0.1) is 0 Å². The van der Waals surface area contributed by atoms with Gasteiger partial charge in [-0.05, 0) is 37.3 Å². The second-order valence-electron chi connectivity index (χ2n) is 4.04. The highest BCUT2D eigenvalue weighted by atomic mass is 32.1. The molecule has 3 rings (SSSR count). The van der Waals surface area contributed by atoms with Crippen LogP contribution in [0.1, 0.15) is 11.7 Å². The van der Waals surface area contributed by atoms with Crippen molar-refractivity contribution in [3.05, 3.63) is 46.6 Å². The Labute approximate surface area is 107 Å². The van der Waals surface area contributed by atoms with Gasteiger partial charge >= 0.3 is 0 Å². The average molecular weight is 263 g/mol. The van der Waals surface area contributed by atoms with Crippen LogP contribution in [0.4, 0.5) is 4.39 Å². The number of nitrogens with one attached hydrogen (secondary N) is 1. The predicted octanol–water partition coefficient (Wildman–Crippen LogP) is 3.18. The first-order valence-corrected chi connectivity index (χ1v) is 5.84. The number of halogens is 1. The lowest BCUT2D eigenvalue weighted by atomic mass is 10.3. The molecule has 0 aliphatic heterocycles. The van der Waals surface area contributed by atoms with Crippen molar-refractivity contribution in [3.8, 4) is 0 Å². The minimum atomic E-state index is -0.294. The number of hydrogen-bond donors (Lipinski definition) is 1. The number of benzene rings is 1. The maximum absolute atomic E-state index is 13.1. The lowest BCUT2D eigenvalue weighted by Crippen LogP contribution is -1.99.